The third-order valence-electron chi connectivity index (χ3n) is 3.27. The topological polar surface area (TPSA) is 51.2 Å². The summed E-state index contributed by atoms with van der Waals surface area (Å²) in [6.45, 7) is 0. The van der Waals surface area contributed by atoms with Crippen molar-refractivity contribution in [3.8, 4) is 0 Å². The minimum atomic E-state index is -0.333. The second kappa shape index (κ2) is 5.01. The van der Waals surface area contributed by atoms with E-state index in [1.54, 1.807) is 6.20 Å². The summed E-state index contributed by atoms with van der Waals surface area (Å²) in [5.41, 5.74) is 2.79. The molecule has 2 aromatic rings. The van der Waals surface area contributed by atoms with E-state index in [2.05, 4.69) is 39.3 Å². The number of hydrogen-bond acceptors (Lipinski definition) is 5. The Morgan fingerprint density at radius 3 is 2.68 bits per heavy atom. The summed E-state index contributed by atoms with van der Waals surface area (Å²) in [7, 11) is 1.38. The van der Waals surface area contributed by atoms with Gasteiger partial charge in [0.2, 0.25) is 0 Å². The van der Waals surface area contributed by atoms with Crippen LogP contribution in [0.3, 0.4) is 0 Å². The Labute approximate surface area is 115 Å². The summed E-state index contributed by atoms with van der Waals surface area (Å²) in [5, 5.41) is 4.16. The molecule has 0 amide bonds. The summed E-state index contributed by atoms with van der Waals surface area (Å²) < 4.78 is 4.67. The fourth-order valence-corrected chi connectivity index (χ4v) is 3.18. The molecule has 0 saturated carbocycles. The Bertz CT molecular complexity index is 584. The van der Waals surface area contributed by atoms with Gasteiger partial charge in [0.05, 0.1) is 13.3 Å². The largest absolute Gasteiger partial charge is 0.465 e. The maximum Gasteiger partial charge on any atom is 0.349 e. The third-order valence-corrected chi connectivity index (χ3v) is 4.18. The monoisotopic (exact) mass is 274 g/mol. The minimum absolute atomic E-state index is 0.333. The quantitative estimate of drug-likeness (QED) is 0.874. The van der Waals surface area contributed by atoms with Crippen molar-refractivity contribution < 1.29 is 9.53 Å². The lowest BCUT2D eigenvalue weighted by atomic mass is 10.1. The first kappa shape index (κ1) is 12.2. The Hall–Kier alpha value is -1.88. The minimum Gasteiger partial charge on any atom is -0.465 e. The zero-order valence-corrected chi connectivity index (χ0v) is 11.4. The SMILES string of the molecule is COC(=O)c1cnc(NC2Cc3ccccc3C2)s1. The molecule has 0 fully saturated rings. The van der Waals surface area contributed by atoms with Gasteiger partial charge in [0.1, 0.15) is 4.88 Å². The molecule has 19 heavy (non-hydrogen) atoms. The van der Waals surface area contributed by atoms with E-state index in [-0.39, 0.29) is 5.97 Å². The number of fused-ring (bicyclic) bond motifs is 1. The summed E-state index contributed by atoms with van der Waals surface area (Å²) >= 11 is 1.33. The highest BCUT2D eigenvalue weighted by molar-refractivity contribution is 7.17. The van der Waals surface area contributed by atoms with Crippen LogP contribution in [0.25, 0.3) is 0 Å². The number of carbonyl (C=O) groups is 1. The Morgan fingerprint density at radius 2 is 2.05 bits per heavy atom. The lowest BCUT2D eigenvalue weighted by Gasteiger charge is -2.09. The number of thiazole rings is 1. The molecule has 1 heterocycles. The van der Waals surface area contributed by atoms with E-state index in [0.29, 0.717) is 10.9 Å². The summed E-state index contributed by atoms with van der Waals surface area (Å²) in [5.74, 6) is -0.333. The van der Waals surface area contributed by atoms with Gasteiger partial charge in [-0.05, 0) is 24.0 Å². The van der Waals surface area contributed by atoms with Crippen molar-refractivity contribution >= 4 is 22.4 Å². The van der Waals surface area contributed by atoms with Crippen LogP contribution in [0.1, 0.15) is 20.8 Å². The number of nitrogens with zero attached hydrogens (tertiary/aromatic N) is 1. The van der Waals surface area contributed by atoms with Crippen molar-refractivity contribution in [2.45, 2.75) is 18.9 Å². The molecule has 3 rings (SSSR count). The van der Waals surface area contributed by atoms with Gasteiger partial charge in [-0.1, -0.05) is 35.6 Å². The molecule has 4 nitrogen and oxygen atoms in total. The zero-order valence-electron chi connectivity index (χ0n) is 10.6. The van der Waals surface area contributed by atoms with Crippen LogP contribution in [-0.4, -0.2) is 24.1 Å². The first-order valence-corrected chi connectivity index (χ1v) is 6.95. The Morgan fingerprint density at radius 1 is 1.37 bits per heavy atom. The standard InChI is InChI=1S/C14H14N2O2S/c1-18-13(17)12-8-15-14(19-12)16-11-6-9-4-2-3-5-10(9)7-11/h2-5,8,11H,6-7H2,1H3,(H,15,16). The van der Waals surface area contributed by atoms with E-state index in [1.165, 1.54) is 29.6 Å². The molecule has 0 unspecified atom stereocenters. The number of hydrogen-bond donors (Lipinski definition) is 1. The molecule has 0 aliphatic heterocycles. The van der Waals surface area contributed by atoms with Crippen molar-refractivity contribution in [2.75, 3.05) is 12.4 Å². The van der Waals surface area contributed by atoms with Gasteiger partial charge >= 0.3 is 5.97 Å². The average Bonchev–Trinajstić information content (AvgIpc) is 3.04. The van der Waals surface area contributed by atoms with Crippen LogP contribution >= 0.6 is 11.3 Å². The molecule has 1 aliphatic rings. The predicted octanol–water partition coefficient (Wildman–Crippen LogP) is 2.51. The first-order chi connectivity index (χ1) is 9.26. The highest BCUT2D eigenvalue weighted by atomic mass is 32.1. The Kier molecular flexibility index (Phi) is 3.21. The number of anilines is 1. The molecule has 0 saturated heterocycles. The molecular formula is C14H14N2O2S. The summed E-state index contributed by atoms with van der Waals surface area (Å²) in [6, 6.07) is 8.83. The molecule has 0 bridgehead atoms. The van der Waals surface area contributed by atoms with E-state index in [4.69, 9.17) is 0 Å². The highest BCUT2D eigenvalue weighted by Crippen LogP contribution is 2.26. The second-order valence-electron chi connectivity index (χ2n) is 4.54. The van der Waals surface area contributed by atoms with E-state index in [9.17, 15) is 4.79 Å². The van der Waals surface area contributed by atoms with E-state index >= 15 is 0 Å². The van der Waals surface area contributed by atoms with Gasteiger partial charge in [-0.2, -0.15) is 0 Å². The molecule has 0 atom stereocenters. The number of ether oxygens (including phenoxy) is 1. The van der Waals surface area contributed by atoms with Crippen molar-refractivity contribution in [3.63, 3.8) is 0 Å². The molecule has 98 valence electrons. The first-order valence-electron chi connectivity index (χ1n) is 6.13. The highest BCUT2D eigenvalue weighted by Gasteiger charge is 2.22. The molecule has 0 radical (unpaired) electrons. The maximum atomic E-state index is 11.4. The lowest BCUT2D eigenvalue weighted by molar-refractivity contribution is 0.0606. The smallest absolute Gasteiger partial charge is 0.349 e. The van der Waals surface area contributed by atoms with Gasteiger partial charge in [0.25, 0.3) is 0 Å². The number of rotatable bonds is 3. The van der Waals surface area contributed by atoms with Crippen LogP contribution in [0.5, 0.6) is 0 Å². The molecule has 1 aromatic heterocycles. The van der Waals surface area contributed by atoms with Gasteiger partial charge in [0, 0.05) is 6.04 Å². The van der Waals surface area contributed by atoms with E-state index in [0.717, 1.165) is 18.0 Å². The Balaban J connectivity index is 1.68. The van der Waals surface area contributed by atoms with Crippen molar-refractivity contribution in [1.29, 1.82) is 0 Å². The second-order valence-corrected chi connectivity index (χ2v) is 5.57. The van der Waals surface area contributed by atoms with Gasteiger partial charge in [-0.3, -0.25) is 0 Å². The summed E-state index contributed by atoms with van der Waals surface area (Å²) in [6.07, 6.45) is 3.56. The van der Waals surface area contributed by atoms with Crippen LogP contribution in [0, 0.1) is 0 Å². The molecule has 1 N–H and O–H groups in total. The number of benzene rings is 1. The lowest BCUT2D eigenvalue weighted by Crippen LogP contribution is -2.19. The molecule has 0 spiro atoms. The van der Waals surface area contributed by atoms with Crippen LogP contribution in [0.2, 0.25) is 0 Å². The van der Waals surface area contributed by atoms with Gasteiger partial charge < -0.3 is 10.1 Å². The fourth-order valence-electron chi connectivity index (χ4n) is 2.37. The van der Waals surface area contributed by atoms with Crippen LogP contribution in [0.4, 0.5) is 5.13 Å². The maximum absolute atomic E-state index is 11.4. The van der Waals surface area contributed by atoms with Crippen LogP contribution in [-0.2, 0) is 17.6 Å². The number of methoxy groups -OCH3 is 1. The number of aromatic nitrogens is 1. The van der Waals surface area contributed by atoms with Gasteiger partial charge in [0.15, 0.2) is 5.13 Å². The normalized spacial score (nSPS) is 14.2. The van der Waals surface area contributed by atoms with E-state index < -0.39 is 0 Å². The molecular weight excluding hydrogens is 260 g/mol. The van der Waals surface area contributed by atoms with E-state index in [1.807, 2.05) is 0 Å². The average molecular weight is 274 g/mol. The van der Waals surface area contributed by atoms with Crippen LogP contribution in [0.15, 0.2) is 30.5 Å². The number of nitrogens with one attached hydrogen (secondary N) is 1. The zero-order chi connectivity index (χ0) is 13.2. The molecule has 1 aliphatic carbocycles. The summed E-state index contributed by atoms with van der Waals surface area (Å²) in [4.78, 5) is 16.1. The van der Waals surface area contributed by atoms with Crippen LogP contribution < -0.4 is 5.32 Å². The molecule has 5 heteroatoms. The number of carbonyl (C=O) groups excluding carboxylic acids is 1. The number of esters is 1. The van der Waals surface area contributed by atoms with Gasteiger partial charge in [-0.25, -0.2) is 9.78 Å². The fraction of sp³-hybridized carbons (Fsp3) is 0.286. The predicted molar refractivity (Wildman–Crippen MR) is 74.7 cm³/mol. The van der Waals surface area contributed by atoms with Crippen molar-refractivity contribution in [3.05, 3.63) is 46.5 Å². The molecule has 1 aromatic carbocycles. The van der Waals surface area contributed by atoms with Crippen molar-refractivity contribution in [2.24, 2.45) is 0 Å². The third kappa shape index (κ3) is 2.46. The van der Waals surface area contributed by atoms with Crippen molar-refractivity contribution in [1.82, 2.24) is 4.98 Å². The van der Waals surface area contributed by atoms with Gasteiger partial charge in [-0.15, -0.1) is 0 Å².